The fourth-order valence-electron chi connectivity index (χ4n) is 3.82. The number of nitrogens with zero attached hydrogens (tertiary/aromatic N) is 1. The van der Waals surface area contributed by atoms with E-state index < -0.39 is 0 Å². The van der Waals surface area contributed by atoms with Crippen LogP contribution in [-0.4, -0.2) is 30.1 Å². The highest BCUT2D eigenvalue weighted by Gasteiger charge is 2.41. The van der Waals surface area contributed by atoms with Gasteiger partial charge < -0.3 is 5.73 Å². The highest BCUT2D eigenvalue weighted by Crippen LogP contribution is 2.41. The van der Waals surface area contributed by atoms with Gasteiger partial charge in [-0.2, -0.15) is 0 Å². The van der Waals surface area contributed by atoms with Crippen molar-refractivity contribution in [3.05, 3.63) is 0 Å². The number of likely N-dealkylation sites (tertiary alicyclic amines) is 1. The molecule has 1 heterocycles. The van der Waals surface area contributed by atoms with Crippen LogP contribution in [0.1, 0.15) is 65.7 Å². The molecule has 0 aromatic carbocycles. The second kappa shape index (κ2) is 5.50. The van der Waals surface area contributed by atoms with E-state index in [2.05, 4.69) is 25.7 Å². The van der Waals surface area contributed by atoms with Crippen LogP contribution in [0.3, 0.4) is 0 Å². The molecular weight excluding hydrogens is 220 g/mol. The van der Waals surface area contributed by atoms with Crippen LogP contribution in [0.15, 0.2) is 0 Å². The highest BCUT2D eigenvalue weighted by atomic mass is 15.2. The molecule has 0 aromatic rings. The van der Waals surface area contributed by atoms with Crippen molar-refractivity contribution in [2.45, 2.75) is 71.3 Å². The third kappa shape index (κ3) is 2.75. The Morgan fingerprint density at radius 2 is 1.67 bits per heavy atom. The normalized spacial score (nSPS) is 37.7. The van der Waals surface area contributed by atoms with Gasteiger partial charge in [0.25, 0.3) is 0 Å². The maximum absolute atomic E-state index is 6.17. The maximum atomic E-state index is 6.17. The number of hydrogen-bond acceptors (Lipinski definition) is 2. The van der Waals surface area contributed by atoms with Gasteiger partial charge in [-0.3, -0.25) is 4.90 Å². The van der Waals surface area contributed by atoms with Crippen molar-refractivity contribution in [3.63, 3.8) is 0 Å². The van der Waals surface area contributed by atoms with Gasteiger partial charge in [-0.25, -0.2) is 0 Å². The summed E-state index contributed by atoms with van der Waals surface area (Å²) < 4.78 is 0. The molecule has 2 aliphatic rings. The zero-order valence-corrected chi connectivity index (χ0v) is 12.7. The molecule has 2 heteroatoms. The van der Waals surface area contributed by atoms with Gasteiger partial charge in [0.1, 0.15) is 0 Å². The lowest BCUT2D eigenvalue weighted by molar-refractivity contribution is -0.00364. The van der Waals surface area contributed by atoms with E-state index in [4.69, 9.17) is 5.73 Å². The molecule has 1 aliphatic heterocycles. The van der Waals surface area contributed by atoms with E-state index in [9.17, 15) is 0 Å². The smallest absolute Gasteiger partial charge is 0.0331 e. The molecule has 1 saturated carbocycles. The van der Waals surface area contributed by atoms with Gasteiger partial charge in [0, 0.05) is 12.1 Å². The standard InChI is InChI=1S/C16H32N2/c1-4-15(3)9-11-18(12-10-15)16(13-17)7-5-14(2)6-8-16/h14H,4-13,17H2,1-3H3. The van der Waals surface area contributed by atoms with Crippen LogP contribution >= 0.6 is 0 Å². The molecule has 1 aliphatic carbocycles. The van der Waals surface area contributed by atoms with Crippen LogP contribution in [0.2, 0.25) is 0 Å². The summed E-state index contributed by atoms with van der Waals surface area (Å²) in [6, 6.07) is 0. The van der Waals surface area contributed by atoms with Gasteiger partial charge in [0.05, 0.1) is 0 Å². The quantitative estimate of drug-likeness (QED) is 0.834. The Balaban J connectivity index is 1.98. The minimum Gasteiger partial charge on any atom is -0.329 e. The molecule has 106 valence electrons. The second-order valence-electron chi connectivity index (χ2n) is 7.26. The monoisotopic (exact) mass is 252 g/mol. The predicted octanol–water partition coefficient (Wildman–Crippen LogP) is 3.41. The Bertz CT molecular complexity index is 258. The molecule has 0 bridgehead atoms. The number of piperidine rings is 1. The zero-order chi connectivity index (χ0) is 13.2. The molecule has 1 saturated heterocycles. The van der Waals surface area contributed by atoms with Crippen LogP contribution in [0, 0.1) is 11.3 Å². The minimum absolute atomic E-state index is 0.349. The van der Waals surface area contributed by atoms with Gasteiger partial charge in [0.2, 0.25) is 0 Å². The lowest BCUT2D eigenvalue weighted by Crippen LogP contribution is -2.58. The van der Waals surface area contributed by atoms with E-state index in [-0.39, 0.29) is 0 Å². The molecule has 0 amide bonds. The lowest BCUT2D eigenvalue weighted by atomic mass is 9.72. The molecule has 0 radical (unpaired) electrons. The molecule has 0 atom stereocenters. The first-order chi connectivity index (χ1) is 8.53. The summed E-state index contributed by atoms with van der Waals surface area (Å²) in [5, 5.41) is 0. The molecule has 0 unspecified atom stereocenters. The molecular formula is C16H32N2. The summed E-state index contributed by atoms with van der Waals surface area (Å²) >= 11 is 0. The predicted molar refractivity (Wildman–Crippen MR) is 78.6 cm³/mol. The Kier molecular flexibility index (Phi) is 4.38. The van der Waals surface area contributed by atoms with Crippen molar-refractivity contribution in [3.8, 4) is 0 Å². The van der Waals surface area contributed by atoms with Crippen molar-refractivity contribution in [1.29, 1.82) is 0 Å². The topological polar surface area (TPSA) is 29.3 Å². The van der Waals surface area contributed by atoms with Crippen LogP contribution in [-0.2, 0) is 0 Å². The van der Waals surface area contributed by atoms with E-state index in [1.807, 2.05) is 0 Å². The zero-order valence-electron chi connectivity index (χ0n) is 12.7. The van der Waals surface area contributed by atoms with E-state index >= 15 is 0 Å². The number of nitrogens with two attached hydrogens (primary N) is 1. The summed E-state index contributed by atoms with van der Waals surface area (Å²) in [7, 11) is 0. The largest absolute Gasteiger partial charge is 0.329 e. The van der Waals surface area contributed by atoms with Gasteiger partial charge >= 0.3 is 0 Å². The summed E-state index contributed by atoms with van der Waals surface area (Å²) in [5.41, 5.74) is 7.11. The first kappa shape index (κ1) is 14.3. The van der Waals surface area contributed by atoms with Crippen LogP contribution in [0.25, 0.3) is 0 Å². The van der Waals surface area contributed by atoms with Crippen molar-refractivity contribution in [1.82, 2.24) is 4.90 Å². The first-order valence-corrected chi connectivity index (χ1v) is 7.99. The van der Waals surface area contributed by atoms with Gasteiger partial charge in [-0.05, 0) is 62.9 Å². The lowest BCUT2D eigenvalue weighted by Gasteiger charge is -2.51. The Morgan fingerprint density at radius 1 is 1.11 bits per heavy atom. The van der Waals surface area contributed by atoms with Crippen molar-refractivity contribution in [2.75, 3.05) is 19.6 Å². The Hall–Kier alpha value is -0.0800. The van der Waals surface area contributed by atoms with E-state index in [0.29, 0.717) is 11.0 Å². The maximum Gasteiger partial charge on any atom is 0.0331 e. The van der Waals surface area contributed by atoms with Crippen molar-refractivity contribution >= 4 is 0 Å². The summed E-state index contributed by atoms with van der Waals surface area (Å²) in [6.07, 6.45) is 9.45. The first-order valence-electron chi connectivity index (χ1n) is 7.99. The summed E-state index contributed by atoms with van der Waals surface area (Å²) in [6.45, 7) is 10.6. The summed E-state index contributed by atoms with van der Waals surface area (Å²) in [4.78, 5) is 2.75. The second-order valence-corrected chi connectivity index (χ2v) is 7.26. The van der Waals surface area contributed by atoms with Gasteiger partial charge in [0.15, 0.2) is 0 Å². The Labute approximate surface area is 113 Å². The number of rotatable bonds is 3. The molecule has 18 heavy (non-hydrogen) atoms. The fraction of sp³-hybridized carbons (Fsp3) is 1.00. The fourth-order valence-corrected chi connectivity index (χ4v) is 3.82. The van der Waals surface area contributed by atoms with Crippen molar-refractivity contribution in [2.24, 2.45) is 17.1 Å². The minimum atomic E-state index is 0.349. The van der Waals surface area contributed by atoms with E-state index in [0.717, 1.165) is 12.5 Å². The molecule has 2 fully saturated rings. The van der Waals surface area contributed by atoms with E-state index in [1.54, 1.807) is 0 Å². The van der Waals surface area contributed by atoms with Crippen molar-refractivity contribution < 1.29 is 0 Å². The molecule has 2 N–H and O–H groups in total. The van der Waals surface area contributed by atoms with Gasteiger partial charge in [-0.15, -0.1) is 0 Å². The molecule has 2 rings (SSSR count). The number of hydrogen-bond donors (Lipinski definition) is 1. The molecule has 0 spiro atoms. The third-order valence-electron chi connectivity index (χ3n) is 6.08. The van der Waals surface area contributed by atoms with Crippen LogP contribution in [0.5, 0.6) is 0 Å². The van der Waals surface area contributed by atoms with Crippen LogP contribution in [0.4, 0.5) is 0 Å². The third-order valence-corrected chi connectivity index (χ3v) is 6.08. The van der Waals surface area contributed by atoms with Crippen LogP contribution < -0.4 is 5.73 Å². The Morgan fingerprint density at radius 3 is 2.11 bits per heavy atom. The SMILES string of the molecule is CCC1(C)CCN(C2(CN)CCC(C)CC2)CC1. The summed E-state index contributed by atoms with van der Waals surface area (Å²) in [5.74, 6) is 0.912. The molecule has 2 nitrogen and oxygen atoms in total. The van der Waals surface area contributed by atoms with Gasteiger partial charge in [-0.1, -0.05) is 27.2 Å². The average Bonchev–Trinajstić information content (AvgIpc) is 2.41. The highest BCUT2D eigenvalue weighted by molar-refractivity contribution is 4.98. The average molecular weight is 252 g/mol. The van der Waals surface area contributed by atoms with E-state index in [1.165, 1.54) is 58.0 Å². The molecule has 0 aromatic heterocycles.